The van der Waals surface area contributed by atoms with Crippen LogP contribution in [0.25, 0.3) is 0 Å². The summed E-state index contributed by atoms with van der Waals surface area (Å²) in [7, 11) is 0. The van der Waals surface area contributed by atoms with Crippen LogP contribution >= 0.6 is 0 Å². The lowest BCUT2D eigenvalue weighted by molar-refractivity contribution is 0.480. The van der Waals surface area contributed by atoms with Gasteiger partial charge < -0.3 is 9.76 Å². The molecule has 0 saturated heterocycles. The monoisotopic (exact) mass is 196 g/mol. The molecule has 0 aromatic heterocycles. The topological polar surface area (TPSA) is 29.5 Å². The van der Waals surface area contributed by atoms with Crippen molar-refractivity contribution in [3.8, 4) is 11.5 Å². The minimum Gasteiger partial charge on any atom is -0.458 e. The van der Waals surface area contributed by atoms with Gasteiger partial charge in [-0.25, -0.2) is 0 Å². The third kappa shape index (κ3) is 1.24. The number of fused-ring (bicyclic) bond motifs is 2. The molecule has 0 aliphatic carbocycles. The van der Waals surface area contributed by atoms with Crippen LogP contribution in [0.5, 0.6) is 11.5 Å². The van der Waals surface area contributed by atoms with E-state index in [4.69, 9.17) is 4.74 Å². The standard InChI is InChI=1S/C12H9BO2/c14-13-9-5-1-3-7-11(9)15-12-8-4-2-6-10(12)13/h1-8,14H. The second kappa shape index (κ2) is 3.14. The van der Waals surface area contributed by atoms with Gasteiger partial charge in [0.15, 0.2) is 0 Å². The van der Waals surface area contributed by atoms with Crippen LogP contribution in [0, 0.1) is 0 Å². The molecule has 1 heterocycles. The first-order chi connectivity index (χ1) is 7.36. The molecule has 2 nitrogen and oxygen atoms in total. The van der Waals surface area contributed by atoms with Crippen LogP contribution in [0.2, 0.25) is 0 Å². The first-order valence-electron chi connectivity index (χ1n) is 4.90. The molecule has 0 saturated carbocycles. The second-order valence-electron chi connectivity index (χ2n) is 3.58. The Bertz CT molecular complexity index is 465. The number of hydrogen-bond acceptors (Lipinski definition) is 2. The maximum atomic E-state index is 10.1. The second-order valence-corrected chi connectivity index (χ2v) is 3.58. The summed E-state index contributed by atoms with van der Waals surface area (Å²) in [5.41, 5.74) is 1.66. The van der Waals surface area contributed by atoms with E-state index in [0.717, 1.165) is 22.4 Å². The third-order valence-corrected chi connectivity index (χ3v) is 2.65. The third-order valence-electron chi connectivity index (χ3n) is 2.65. The van der Waals surface area contributed by atoms with Gasteiger partial charge in [0.25, 0.3) is 0 Å². The fraction of sp³-hybridized carbons (Fsp3) is 0. The van der Waals surface area contributed by atoms with Gasteiger partial charge in [0.05, 0.1) is 0 Å². The van der Waals surface area contributed by atoms with Gasteiger partial charge in [0.2, 0.25) is 0 Å². The minimum atomic E-state index is -0.578. The molecule has 0 radical (unpaired) electrons. The highest BCUT2D eigenvalue weighted by atomic mass is 16.5. The molecule has 1 N–H and O–H groups in total. The zero-order valence-corrected chi connectivity index (χ0v) is 8.05. The average Bonchev–Trinajstić information content (AvgIpc) is 2.30. The van der Waals surface area contributed by atoms with Crippen molar-refractivity contribution in [2.75, 3.05) is 0 Å². The Kier molecular flexibility index (Phi) is 1.79. The van der Waals surface area contributed by atoms with Gasteiger partial charge in [-0.1, -0.05) is 36.4 Å². The zero-order valence-electron chi connectivity index (χ0n) is 8.05. The fourth-order valence-electron chi connectivity index (χ4n) is 1.88. The van der Waals surface area contributed by atoms with Crippen molar-refractivity contribution in [3.63, 3.8) is 0 Å². The van der Waals surface area contributed by atoms with E-state index in [1.807, 2.05) is 48.5 Å². The van der Waals surface area contributed by atoms with Crippen LogP contribution in [0.1, 0.15) is 0 Å². The van der Waals surface area contributed by atoms with E-state index in [1.54, 1.807) is 0 Å². The normalized spacial score (nSPS) is 12.7. The molecule has 1 aliphatic heterocycles. The molecule has 0 fully saturated rings. The average molecular weight is 196 g/mol. The van der Waals surface area contributed by atoms with Crippen molar-refractivity contribution in [3.05, 3.63) is 48.5 Å². The van der Waals surface area contributed by atoms with Gasteiger partial charge in [-0.15, -0.1) is 0 Å². The highest BCUT2D eigenvalue weighted by Gasteiger charge is 2.28. The van der Waals surface area contributed by atoms with Gasteiger partial charge in [-0.05, 0) is 23.1 Å². The molecule has 1 aliphatic rings. The number of benzene rings is 2. The quantitative estimate of drug-likeness (QED) is 0.634. The van der Waals surface area contributed by atoms with Gasteiger partial charge >= 0.3 is 6.92 Å². The molecule has 0 bridgehead atoms. The van der Waals surface area contributed by atoms with Gasteiger partial charge in [-0.2, -0.15) is 0 Å². The Balaban J connectivity index is 2.20. The highest BCUT2D eigenvalue weighted by molar-refractivity contribution is 6.80. The summed E-state index contributed by atoms with van der Waals surface area (Å²) < 4.78 is 5.69. The molecular formula is C12H9BO2. The molecule has 0 spiro atoms. The molecule has 0 atom stereocenters. The molecule has 2 aromatic rings. The van der Waals surface area contributed by atoms with Crippen molar-refractivity contribution < 1.29 is 9.76 Å². The van der Waals surface area contributed by atoms with Crippen LogP contribution in [-0.2, 0) is 0 Å². The van der Waals surface area contributed by atoms with Crippen LogP contribution in [-0.4, -0.2) is 11.9 Å². The predicted octanol–water partition coefficient (Wildman–Crippen LogP) is 0.890. The Hall–Kier alpha value is -1.74. The van der Waals surface area contributed by atoms with Crippen molar-refractivity contribution in [1.29, 1.82) is 0 Å². The summed E-state index contributed by atoms with van der Waals surface area (Å²) in [6.45, 7) is -0.578. The smallest absolute Gasteiger partial charge is 0.366 e. The van der Waals surface area contributed by atoms with E-state index >= 15 is 0 Å². The Morgan fingerprint density at radius 1 is 0.800 bits per heavy atom. The zero-order chi connectivity index (χ0) is 10.3. The number of ether oxygens (including phenoxy) is 1. The molecular weight excluding hydrogens is 187 g/mol. The molecule has 15 heavy (non-hydrogen) atoms. The minimum absolute atomic E-state index is 0.578. The number of hydrogen-bond donors (Lipinski definition) is 1. The lowest BCUT2D eigenvalue weighted by Crippen LogP contribution is -2.46. The maximum Gasteiger partial charge on any atom is 0.366 e. The molecule has 0 unspecified atom stereocenters. The molecule has 72 valence electrons. The van der Waals surface area contributed by atoms with Crippen LogP contribution in [0.3, 0.4) is 0 Å². The summed E-state index contributed by atoms with van der Waals surface area (Å²) in [6, 6.07) is 15.1. The van der Waals surface area contributed by atoms with Gasteiger partial charge in [-0.3, -0.25) is 0 Å². The van der Waals surface area contributed by atoms with Gasteiger partial charge in [0.1, 0.15) is 11.5 Å². The summed E-state index contributed by atoms with van der Waals surface area (Å²) >= 11 is 0. The molecule has 3 heteroatoms. The highest BCUT2D eigenvalue weighted by Crippen LogP contribution is 2.22. The van der Waals surface area contributed by atoms with Gasteiger partial charge in [0, 0.05) is 0 Å². The van der Waals surface area contributed by atoms with Crippen molar-refractivity contribution >= 4 is 17.8 Å². The predicted molar refractivity (Wildman–Crippen MR) is 60.2 cm³/mol. The number of para-hydroxylation sites is 2. The lowest BCUT2D eigenvalue weighted by Gasteiger charge is -2.21. The Morgan fingerprint density at radius 2 is 1.27 bits per heavy atom. The van der Waals surface area contributed by atoms with Crippen molar-refractivity contribution in [1.82, 2.24) is 0 Å². The van der Waals surface area contributed by atoms with E-state index in [-0.39, 0.29) is 0 Å². The fourth-order valence-corrected chi connectivity index (χ4v) is 1.88. The van der Waals surface area contributed by atoms with E-state index in [2.05, 4.69) is 0 Å². The van der Waals surface area contributed by atoms with Crippen molar-refractivity contribution in [2.45, 2.75) is 0 Å². The largest absolute Gasteiger partial charge is 0.458 e. The number of rotatable bonds is 0. The molecule has 3 rings (SSSR count). The first-order valence-corrected chi connectivity index (χ1v) is 4.90. The van der Waals surface area contributed by atoms with E-state index < -0.39 is 6.92 Å². The van der Waals surface area contributed by atoms with Crippen LogP contribution in [0.4, 0.5) is 0 Å². The van der Waals surface area contributed by atoms with E-state index in [1.165, 1.54) is 0 Å². The summed E-state index contributed by atoms with van der Waals surface area (Å²) in [6.07, 6.45) is 0. The van der Waals surface area contributed by atoms with Crippen molar-refractivity contribution in [2.24, 2.45) is 0 Å². The van der Waals surface area contributed by atoms with E-state index in [9.17, 15) is 5.02 Å². The Morgan fingerprint density at radius 3 is 1.80 bits per heavy atom. The summed E-state index contributed by atoms with van der Waals surface area (Å²) in [4.78, 5) is 0. The van der Waals surface area contributed by atoms with Crippen LogP contribution in [0.15, 0.2) is 48.5 Å². The lowest BCUT2D eigenvalue weighted by atomic mass is 9.54. The summed E-state index contributed by atoms with van der Waals surface area (Å²) in [5, 5.41) is 10.1. The van der Waals surface area contributed by atoms with E-state index in [0.29, 0.717) is 0 Å². The Labute approximate surface area is 88.2 Å². The molecule has 2 aromatic carbocycles. The maximum absolute atomic E-state index is 10.1. The SMILES string of the molecule is OB1c2ccccc2Oc2ccccc21. The first kappa shape index (κ1) is 8.56. The summed E-state index contributed by atoms with van der Waals surface area (Å²) in [5.74, 6) is 1.48. The molecule has 0 amide bonds. The van der Waals surface area contributed by atoms with Crippen LogP contribution < -0.4 is 15.7 Å².